The first-order chi connectivity index (χ1) is 11.4. The molecule has 3 N–H and O–H groups in total. The van der Waals surface area contributed by atoms with E-state index in [0.717, 1.165) is 5.01 Å². The number of rotatable bonds is 6. The van der Waals surface area contributed by atoms with Gasteiger partial charge in [0, 0.05) is 13.7 Å². The van der Waals surface area contributed by atoms with E-state index in [0.29, 0.717) is 24.5 Å². The largest absolute Gasteiger partial charge is 0.497 e. The Balaban J connectivity index is 2.13. The highest BCUT2D eigenvalue weighted by Crippen LogP contribution is 2.30. The summed E-state index contributed by atoms with van der Waals surface area (Å²) in [7, 11) is 3.10. The van der Waals surface area contributed by atoms with Gasteiger partial charge in [-0.1, -0.05) is 12.1 Å². The fourth-order valence-electron chi connectivity index (χ4n) is 2.28. The van der Waals surface area contributed by atoms with E-state index in [4.69, 9.17) is 21.7 Å². The van der Waals surface area contributed by atoms with Crippen LogP contribution in [0.5, 0.6) is 5.75 Å². The molecule has 130 valence electrons. The Morgan fingerprint density at radius 2 is 2.12 bits per heavy atom. The molecule has 1 unspecified atom stereocenters. The third-order valence-corrected chi connectivity index (χ3v) is 3.88. The van der Waals surface area contributed by atoms with Crippen molar-refractivity contribution in [2.24, 2.45) is 0 Å². The summed E-state index contributed by atoms with van der Waals surface area (Å²) >= 11 is 5.07. The molecule has 0 radical (unpaired) electrons. The molecule has 0 saturated carbocycles. The Hall–Kier alpha value is -2.39. The number of imide groups is 1. The Bertz CT molecular complexity index is 654. The van der Waals surface area contributed by atoms with Crippen LogP contribution in [-0.2, 0) is 15.1 Å². The summed E-state index contributed by atoms with van der Waals surface area (Å²) in [4.78, 5) is 24.9. The summed E-state index contributed by atoms with van der Waals surface area (Å²) in [6.45, 7) is 2.54. The number of amides is 3. The van der Waals surface area contributed by atoms with Gasteiger partial charge in [0.15, 0.2) is 5.11 Å². The molecule has 0 aromatic heterocycles. The van der Waals surface area contributed by atoms with Crippen LogP contribution in [0.1, 0.15) is 12.5 Å². The Morgan fingerprint density at radius 3 is 2.79 bits per heavy atom. The van der Waals surface area contributed by atoms with Gasteiger partial charge in [0.1, 0.15) is 11.3 Å². The maximum absolute atomic E-state index is 12.7. The summed E-state index contributed by atoms with van der Waals surface area (Å²) < 4.78 is 10.1. The minimum atomic E-state index is -1.21. The van der Waals surface area contributed by atoms with E-state index in [-0.39, 0.29) is 5.11 Å². The first-order valence-corrected chi connectivity index (χ1v) is 7.68. The third-order valence-electron chi connectivity index (χ3n) is 3.64. The monoisotopic (exact) mass is 352 g/mol. The van der Waals surface area contributed by atoms with Crippen LogP contribution >= 0.6 is 12.2 Å². The van der Waals surface area contributed by atoms with Gasteiger partial charge in [-0.15, -0.1) is 0 Å². The minimum Gasteiger partial charge on any atom is -0.497 e. The Kier molecular flexibility index (Phi) is 5.58. The normalized spacial score (nSPS) is 19.9. The van der Waals surface area contributed by atoms with E-state index in [1.165, 1.54) is 7.11 Å². The number of benzene rings is 1. The van der Waals surface area contributed by atoms with Gasteiger partial charge in [-0.3, -0.25) is 10.2 Å². The van der Waals surface area contributed by atoms with Gasteiger partial charge < -0.3 is 20.1 Å². The van der Waals surface area contributed by atoms with Crippen molar-refractivity contribution in [1.82, 2.24) is 21.1 Å². The zero-order valence-electron chi connectivity index (χ0n) is 13.7. The number of nitrogens with one attached hydrogen (secondary N) is 3. The van der Waals surface area contributed by atoms with Crippen molar-refractivity contribution >= 4 is 29.3 Å². The molecule has 1 atom stereocenters. The molecular weight excluding hydrogens is 332 g/mol. The number of nitrogens with zero attached hydrogens (tertiary/aromatic N) is 1. The fourth-order valence-corrected chi connectivity index (χ4v) is 2.47. The van der Waals surface area contributed by atoms with Crippen LogP contribution < -0.4 is 20.8 Å². The molecule has 8 nitrogen and oxygen atoms in total. The number of thiocarbonyl (C=S) groups is 1. The molecule has 0 bridgehead atoms. The summed E-state index contributed by atoms with van der Waals surface area (Å²) in [6, 6.07) is 6.39. The van der Waals surface area contributed by atoms with Crippen LogP contribution in [0.2, 0.25) is 0 Å². The SMILES string of the molecule is COCCNC(=S)NN1C(=O)NC(C)(c2cccc(OC)c2)C1=O. The van der Waals surface area contributed by atoms with Crippen LogP contribution in [0.4, 0.5) is 4.79 Å². The molecule has 2 rings (SSSR count). The van der Waals surface area contributed by atoms with Gasteiger partial charge >= 0.3 is 6.03 Å². The number of urea groups is 1. The van der Waals surface area contributed by atoms with Crippen LogP contribution in [0.15, 0.2) is 24.3 Å². The molecule has 1 saturated heterocycles. The first-order valence-electron chi connectivity index (χ1n) is 7.27. The number of carbonyl (C=O) groups is 2. The van der Waals surface area contributed by atoms with Crippen molar-refractivity contribution in [3.05, 3.63) is 29.8 Å². The summed E-state index contributed by atoms with van der Waals surface area (Å²) in [5.41, 5.74) is 2.00. The topological polar surface area (TPSA) is 91.9 Å². The minimum absolute atomic E-state index is 0.158. The summed E-state index contributed by atoms with van der Waals surface area (Å²) in [6.07, 6.45) is 0. The quantitative estimate of drug-likeness (QED) is 0.390. The number of hydrogen-bond acceptors (Lipinski definition) is 5. The lowest BCUT2D eigenvalue weighted by molar-refractivity contribution is -0.132. The van der Waals surface area contributed by atoms with E-state index in [1.54, 1.807) is 38.3 Å². The highest BCUT2D eigenvalue weighted by Gasteiger charge is 2.49. The van der Waals surface area contributed by atoms with E-state index in [9.17, 15) is 9.59 Å². The lowest BCUT2D eigenvalue weighted by Crippen LogP contribution is -2.51. The number of ether oxygens (including phenoxy) is 2. The average molecular weight is 352 g/mol. The maximum Gasteiger partial charge on any atom is 0.344 e. The second kappa shape index (κ2) is 7.45. The first kappa shape index (κ1) is 18.0. The number of hydrazine groups is 1. The summed E-state index contributed by atoms with van der Waals surface area (Å²) in [5, 5.41) is 6.54. The van der Waals surface area contributed by atoms with Crippen LogP contribution in [0.25, 0.3) is 0 Å². The van der Waals surface area contributed by atoms with Gasteiger partial charge in [0.2, 0.25) is 0 Å². The molecule has 1 aromatic rings. The molecular formula is C15H20N4O4S. The molecule has 1 heterocycles. The lowest BCUT2D eigenvalue weighted by Gasteiger charge is -2.23. The smallest absolute Gasteiger partial charge is 0.344 e. The molecule has 0 spiro atoms. The summed E-state index contributed by atoms with van der Waals surface area (Å²) in [5.74, 6) is 0.135. The van der Waals surface area contributed by atoms with Crippen LogP contribution in [-0.4, -0.2) is 49.4 Å². The molecule has 1 aliphatic rings. The van der Waals surface area contributed by atoms with Crippen LogP contribution in [0.3, 0.4) is 0 Å². The van der Waals surface area contributed by atoms with Crippen molar-refractivity contribution < 1.29 is 19.1 Å². The van der Waals surface area contributed by atoms with E-state index >= 15 is 0 Å². The predicted octanol–water partition coefficient (Wildman–Crippen LogP) is 0.488. The highest BCUT2D eigenvalue weighted by molar-refractivity contribution is 7.80. The van der Waals surface area contributed by atoms with E-state index in [1.807, 2.05) is 0 Å². The molecule has 24 heavy (non-hydrogen) atoms. The second-order valence-electron chi connectivity index (χ2n) is 5.29. The van der Waals surface area contributed by atoms with Gasteiger partial charge in [0.05, 0.1) is 13.7 Å². The molecule has 9 heteroatoms. The molecule has 0 aliphatic carbocycles. The second-order valence-corrected chi connectivity index (χ2v) is 5.70. The molecule has 1 aromatic carbocycles. The number of methoxy groups -OCH3 is 2. The molecule has 3 amide bonds. The molecule has 1 aliphatic heterocycles. The van der Waals surface area contributed by atoms with Crippen molar-refractivity contribution in [3.8, 4) is 5.75 Å². The van der Waals surface area contributed by atoms with Crippen LogP contribution in [0, 0.1) is 0 Å². The Morgan fingerprint density at radius 1 is 1.38 bits per heavy atom. The van der Waals surface area contributed by atoms with E-state index < -0.39 is 17.5 Å². The fraction of sp³-hybridized carbons (Fsp3) is 0.400. The molecule has 1 fully saturated rings. The highest BCUT2D eigenvalue weighted by atomic mass is 32.1. The number of hydrogen-bond donors (Lipinski definition) is 3. The van der Waals surface area contributed by atoms with Crippen molar-refractivity contribution in [2.75, 3.05) is 27.4 Å². The number of carbonyl (C=O) groups excluding carboxylic acids is 2. The van der Waals surface area contributed by atoms with Gasteiger partial charge in [-0.05, 0) is 36.8 Å². The zero-order chi connectivity index (χ0) is 17.7. The maximum atomic E-state index is 12.7. The van der Waals surface area contributed by atoms with Crippen molar-refractivity contribution in [2.45, 2.75) is 12.5 Å². The zero-order valence-corrected chi connectivity index (χ0v) is 14.5. The van der Waals surface area contributed by atoms with Crippen molar-refractivity contribution in [1.29, 1.82) is 0 Å². The Labute approximate surface area is 145 Å². The van der Waals surface area contributed by atoms with Crippen molar-refractivity contribution in [3.63, 3.8) is 0 Å². The van der Waals surface area contributed by atoms with Gasteiger partial charge in [-0.2, -0.15) is 5.01 Å². The van der Waals surface area contributed by atoms with Gasteiger partial charge in [-0.25, -0.2) is 4.79 Å². The standard InChI is InChI=1S/C15H20N4O4S/c1-15(10-5-4-6-11(9-10)23-3)12(20)19(14(21)17-15)18-13(24)16-7-8-22-2/h4-6,9H,7-8H2,1-3H3,(H,17,21)(H2,16,18,24). The van der Waals surface area contributed by atoms with Gasteiger partial charge in [0.25, 0.3) is 5.91 Å². The predicted molar refractivity (Wildman–Crippen MR) is 91.3 cm³/mol. The average Bonchev–Trinajstić information content (AvgIpc) is 2.79. The van der Waals surface area contributed by atoms with E-state index in [2.05, 4.69) is 16.1 Å². The third kappa shape index (κ3) is 3.57. The lowest BCUT2D eigenvalue weighted by atomic mass is 9.92.